The molecule has 0 saturated heterocycles. The van der Waals surface area contributed by atoms with Crippen LogP contribution in [0, 0.1) is 0 Å². The molecule has 0 saturated carbocycles. The van der Waals surface area contributed by atoms with Crippen LogP contribution in [-0.4, -0.2) is 31.4 Å². The van der Waals surface area contributed by atoms with Gasteiger partial charge >= 0.3 is 0 Å². The van der Waals surface area contributed by atoms with E-state index in [1.807, 2.05) is 12.1 Å². The number of fused-ring (bicyclic) bond motifs is 1. The number of benzene rings is 2. The van der Waals surface area contributed by atoms with Gasteiger partial charge in [-0.15, -0.1) is 0 Å². The van der Waals surface area contributed by atoms with Gasteiger partial charge in [0.1, 0.15) is 0 Å². The molecule has 2 aromatic carbocycles. The van der Waals surface area contributed by atoms with Crippen molar-refractivity contribution >= 4 is 15.7 Å². The van der Waals surface area contributed by atoms with Crippen LogP contribution >= 0.6 is 0 Å². The van der Waals surface area contributed by atoms with Crippen molar-refractivity contribution < 1.29 is 18.6 Å². The molecular weight excluding hydrogens is 316 g/mol. The van der Waals surface area contributed by atoms with Crippen molar-refractivity contribution in [1.82, 2.24) is 5.32 Å². The lowest BCUT2D eigenvalue weighted by atomic mass is 9.85. The number of anilines is 1. The number of hydrogen-bond donors (Lipinski definition) is 4. The number of phenolic OH excluding ortho intramolecular Hbond substituents is 2. The van der Waals surface area contributed by atoms with E-state index in [1.54, 1.807) is 18.2 Å². The average molecular weight is 334 g/mol. The van der Waals surface area contributed by atoms with Gasteiger partial charge in [-0.3, -0.25) is 4.72 Å². The molecule has 6 nitrogen and oxygen atoms in total. The molecule has 0 fully saturated rings. The minimum atomic E-state index is -3.31. The summed E-state index contributed by atoms with van der Waals surface area (Å²) in [5, 5.41) is 22.4. The number of rotatable bonds is 3. The molecule has 1 aliphatic heterocycles. The largest absolute Gasteiger partial charge is 0.504 e. The number of hydrogen-bond acceptors (Lipinski definition) is 5. The lowest BCUT2D eigenvalue weighted by molar-refractivity contribution is 0.402. The van der Waals surface area contributed by atoms with E-state index in [9.17, 15) is 18.6 Å². The third-order valence-electron chi connectivity index (χ3n) is 3.89. The Bertz CT molecular complexity index is 849. The third-order valence-corrected chi connectivity index (χ3v) is 4.49. The fourth-order valence-corrected chi connectivity index (χ4v) is 3.45. The summed E-state index contributed by atoms with van der Waals surface area (Å²) >= 11 is 0. The first-order valence-corrected chi connectivity index (χ1v) is 9.06. The SMILES string of the molecule is CS(=O)(=O)Nc1ccc2c(c1)CNCC2c1ccc(O)c(O)c1. The predicted octanol–water partition coefficient (Wildman–Crippen LogP) is 1.70. The zero-order valence-electron chi connectivity index (χ0n) is 12.6. The van der Waals surface area contributed by atoms with Crippen molar-refractivity contribution in [1.29, 1.82) is 0 Å². The number of sulfonamides is 1. The maximum Gasteiger partial charge on any atom is 0.229 e. The molecule has 0 radical (unpaired) electrons. The molecule has 1 heterocycles. The molecule has 0 aromatic heterocycles. The maximum absolute atomic E-state index is 11.3. The molecule has 3 rings (SSSR count). The lowest BCUT2D eigenvalue weighted by Crippen LogP contribution is -2.29. The second-order valence-corrected chi connectivity index (χ2v) is 7.47. The van der Waals surface area contributed by atoms with E-state index in [0.717, 1.165) is 22.9 Å². The van der Waals surface area contributed by atoms with Crippen molar-refractivity contribution in [2.45, 2.75) is 12.5 Å². The summed E-state index contributed by atoms with van der Waals surface area (Å²) in [6.45, 7) is 1.35. The highest BCUT2D eigenvalue weighted by atomic mass is 32.2. The monoisotopic (exact) mass is 334 g/mol. The fourth-order valence-electron chi connectivity index (χ4n) is 2.89. The van der Waals surface area contributed by atoms with Crippen LogP contribution in [0.25, 0.3) is 0 Å². The highest BCUT2D eigenvalue weighted by Gasteiger charge is 2.22. The molecule has 7 heteroatoms. The van der Waals surface area contributed by atoms with Gasteiger partial charge in [-0.05, 0) is 41.0 Å². The molecule has 4 N–H and O–H groups in total. The van der Waals surface area contributed by atoms with E-state index in [4.69, 9.17) is 0 Å². The summed E-state index contributed by atoms with van der Waals surface area (Å²) in [4.78, 5) is 0. The second-order valence-electron chi connectivity index (χ2n) is 5.72. The van der Waals surface area contributed by atoms with E-state index < -0.39 is 10.0 Å². The van der Waals surface area contributed by atoms with Gasteiger partial charge in [0, 0.05) is 24.7 Å². The lowest BCUT2D eigenvalue weighted by Gasteiger charge is -2.27. The Morgan fingerprint density at radius 2 is 1.91 bits per heavy atom. The van der Waals surface area contributed by atoms with Crippen LogP contribution < -0.4 is 10.0 Å². The molecular formula is C16H18N2O4S. The first kappa shape index (κ1) is 15.6. The Morgan fingerprint density at radius 3 is 2.61 bits per heavy atom. The van der Waals surface area contributed by atoms with Crippen LogP contribution in [0.15, 0.2) is 36.4 Å². The molecule has 0 aliphatic carbocycles. The highest BCUT2D eigenvalue weighted by molar-refractivity contribution is 7.92. The third kappa shape index (κ3) is 3.40. The van der Waals surface area contributed by atoms with Gasteiger partial charge in [0.25, 0.3) is 0 Å². The number of nitrogens with one attached hydrogen (secondary N) is 2. The van der Waals surface area contributed by atoms with Crippen molar-refractivity contribution in [3.8, 4) is 11.5 Å². The van der Waals surface area contributed by atoms with E-state index in [-0.39, 0.29) is 17.4 Å². The maximum atomic E-state index is 11.3. The van der Waals surface area contributed by atoms with Crippen LogP contribution in [0.1, 0.15) is 22.6 Å². The Morgan fingerprint density at radius 1 is 1.13 bits per heavy atom. The van der Waals surface area contributed by atoms with Gasteiger partial charge in [0.15, 0.2) is 11.5 Å². The van der Waals surface area contributed by atoms with E-state index in [2.05, 4.69) is 10.0 Å². The molecule has 2 aromatic rings. The molecule has 0 bridgehead atoms. The van der Waals surface area contributed by atoms with Crippen molar-refractivity contribution in [2.75, 3.05) is 17.5 Å². The molecule has 1 atom stereocenters. The molecule has 1 aliphatic rings. The summed E-state index contributed by atoms with van der Waals surface area (Å²) in [7, 11) is -3.31. The number of aromatic hydroxyl groups is 2. The van der Waals surface area contributed by atoms with E-state index in [0.29, 0.717) is 18.8 Å². The van der Waals surface area contributed by atoms with Crippen LogP contribution in [-0.2, 0) is 16.6 Å². The van der Waals surface area contributed by atoms with Gasteiger partial charge < -0.3 is 15.5 Å². The standard InChI is InChI=1S/C16H18N2O4S/c1-23(21,22)18-12-3-4-13-11(6-12)8-17-9-14(13)10-2-5-15(19)16(20)7-10/h2-7,14,17-20H,8-9H2,1H3. The van der Waals surface area contributed by atoms with Crippen molar-refractivity contribution in [3.63, 3.8) is 0 Å². The Balaban J connectivity index is 1.97. The average Bonchev–Trinajstić information content (AvgIpc) is 2.47. The van der Waals surface area contributed by atoms with E-state index >= 15 is 0 Å². The highest BCUT2D eigenvalue weighted by Crippen LogP contribution is 2.35. The molecule has 0 amide bonds. The van der Waals surface area contributed by atoms with Crippen molar-refractivity contribution in [3.05, 3.63) is 53.1 Å². The predicted molar refractivity (Wildman–Crippen MR) is 88.2 cm³/mol. The normalized spacial score (nSPS) is 17.5. The summed E-state index contributed by atoms with van der Waals surface area (Å²) in [5.74, 6) is -0.270. The van der Waals surface area contributed by atoms with Gasteiger partial charge in [-0.2, -0.15) is 0 Å². The van der Waals surface area contributed by atoms with Gasteiger partial charge in [-0.1, -0.05) is 12.1 Å². The molecule has 1 unspecified atom stereocenters. The molecule has 23 heavy (non-hydrogen) atoms. The van der Waals surface area contributed by atoms with Gasteiger partial charge in [0.05, 0.1) is 6.26 Å². The Hall–Kier alpha value is -2.25. The Labute approximate surface area is 134 Å². The first-order valence-electron chi connectivity index (χ1n) is 7.17. The first-order chi connectivity index (χ1) is 10.8. The Kier molecular flexibility index (Phi) is 3.91. The molecule has 0 spiro atoms. The molecule has 122 valence electrons. The minimum absolute atomic E-state index is 0.0255. The number of phenols is 2. The zero-order chi connectivity index (χ0) is 16.6. The fraction of sp³-hybridized carbons (Fsp3) is 0.250. The smallest absolute Gasteiger partial charge is 0.229 e. The van der Waals surface area contributed by atoms with Gasteiger partial charge in [0.2, 0.25) is 10.0 Å². The topological polar surface area (TPSA) is 98.7 Å². The second kappa shape index (κ2) is 5.75. The summed E-state index contributed by atoms with van der Waals surface area (Å²) in [6, 6.07) is 10.3. The van der Waals surface area contributed by atoms with Crippen LogP contribution in [0.2, 0.25) is 0 Å². The van der Waals surface area contributed by atoms with Gasteiger partial charge in [-0.25, -0.2) is 8.42 Å². The van der Waals surface area contributed by atoms with Crippen LogP contribution in [0.5, 0.6) is 11.5 Å². The van der Waals surface area contributed by atoms with Crippen molar-refractivity contribution in [2.24, 2.45) is 0 Å². The van der Waals surface area contributed by atoms with Crippen LogP contribution in [0.4, 0.5) is 5.69 Å². The van der Waals surface area contributed by atoms with Crippen LogP contribution in [0.3, 0.4) is 0 Å². The minimum Gasteiger partial charge on any atom is -0.504 e. The quantitative estimate of drug-likeness (QED) is 0.641. The summed E-state index contributed by atoms with van der Waals surface area (Å²) in [5.41, 5.74) is 3.50. The zero-order valence-corrected chi connectivity index (χ0v) is 13.4. The van der Waals surface area contributed by atoms with E-state index in [1.165, 1.54) is 6.07 Å². The summed E-state index contributed by atoms with van der Waals surface area (Å²) < 4.78 is 25.2. The summed E-state index contributed by atoms with van der Waals surface area (Å²) in [6.07, 6.45) is 1.12.